The van der Waals surface area contributed by atoms with Crippen molar-refractivity contribution in [2.45, 2.75) is 6.42 Å². The molecule has 0 radical (unpaired) electrons. The molecule has 16 heavy (non-hydrogen) atoms. The standard InChI is InChI=1S/C11H15N5/c1-16(11-13-7-4-8-14-11)15-9-10-5-2-3-6-12-10/h2-3,5-6,9H,4,7-8H2,1H3,(H,13,14)/b15-9+. The summed E-state index contributed by atoms with van der Waals surface area (Å²) in [4.78, 5) is 8.50. The second-order valence-electron chi connectivity index (χ2n) is 3.51. The minimum atomic E-state index is 0.818. The van der Waals surface area contributed by atoms with E-state index in [-0.39, 0.29) is 0 Å². The highest BCUT2D eigenvalue weighted by atomic mass is 15.5. The molecule has 1 aromatic rings. The van der Waals surface area contributed by atoms with E-state index in [1.165, 1.54) is 0 Å². The van der Waals surface area contributed by atoms with Crippen molar-refractivity contribution in [3.63, 3.8) is 0 Å². The van der Waals surface area contributed by atoms with Gasteiger partial charge in [-0.05, 0) is 18.6 Å². The summed E-state index contributed by atoms with van der Waals surface area (Å²) in [6.45, 7) is 1.83. The maximum atomic E-state index is 4.34. The zero-order chi connectivity index (χ0) is 11.2. The zero-order valence-electron chi connectivity index (χ0n) is 9.30. The van der Waals surface area contributed by atoms with Crippen LogP contribution in [0.15, 0.2) is 34.5 Å². The van der Waals surface area contributed by atoms with E-state index in [4.69, 9.17) is 0 Å². The number of hydrazone groups is 1. The monoisotopic (exact) mass is 217 g/mol. The fourth-order valence-corrected chi connectivity index (χ4v) is 1.39. The zero-order valence-corrected chi connectivity index (χ0v) is 9.30. The van der Waals surface area contributed by atoms with Gasteiger partial charge in [0.1, 0.15) is 0 Å². The molecule has 5 nitrogen and oxygen atoms in total. The smallest absolute Gasteiger partial charge is 0.214 e. The Morgan fingerprint density at radius 1 is 1.50 bits per heavy atom. The average molecular weight is 217 g/mol. The Bertz CT molecular complexity index is 385. The van der Waals surface area contributed by atoms with Crippen molar-refractivity contribution in [1.29, 1.82) is 0 Å². The lowest BCUT2D eigenvalue weighted by atomic mass is 10.4. The van der Waals surface area contributed by atoms with Crippen LogP contribution < -0.4 is 5.32 Å². The van der Waals surface area contributed by atoms with Crippen LogP contribution in [0.4, 0.5) is 0 Å². The van der Waals surface area contributed by atoms with Crippen LogP contribution in [0.1, 0.15) is 12.1 Å². The van der Waals surface area contributed by atoms with Gasteiger partial charge in [0.25, 0.3) is 0 Å². The molecule has 0 fully saturated rings. The van der Waals surface area contributed by atoms with Crippen molar-refractivity contribution in [2.24, 2.45) is 10.1 Å². The first-order valence-corrected chi connectivity index (χ1v) is 5.33. The van der Waals surface area contributed by atoms with Gasteiger partial charge in [0.2, 0.25) is 5.96 Å². The molecule has 1 aliphatic heterocycles. The topological polar surface area (TPSA) is 52.9 Å². The fourth-order valence-electron chi connectivity index (χ4n) is 1.39. The Kier molecular flexibility index (Phi) is 3.48. The number of aromatic nitrogens is 1. The fraction of sp³-hybridized carbons (Fsp3) is 0.364. The molecule has 0 unspecified atom stereocenters. The van der Waals surface area contributed by atoms with E-state index in [0.717, 1.165) is 31.2 Å². The van der Waals surface area contributed by atoms with Crippen molar-refractivity contribution >= 4 is 12.2 Å². The van der Waals surface area contributed by atoms with E-state index in [9.17, 15) is 0 Å². The van der Waals surface area contributed by atoms with Gasteiger partial charge in [0, 0.05) is 26.3 Å². The minimum Gasteiger partial charge on any atom is -0.355 e. The van der Waals surface area contributed by atoms with Gasteiger partial charge >= 0.3 is 0 Å². The molecular weight excluding hydrogens is 202 g/mol. The molecule has 2 rings (SSSR count). The van der Waals surface area contributed by atoms with Crippen LogP contribution in [0, 0.1) is 0 Å². The van der Waals surface area contributed by atoms with Crippen molar-refractivity contribution in [2.75, 3.05) is 20.1 Å². The number of pyridine rings is 1. The number of nitrogens with one attached hydrogen (secondary N) is 1. The lowest BCUT2D eigenvalue weighted by molar-refractivity contribution is 0.502. The summed E-state index contributed by atoms with van der Waals surface area (Å²) >= 11 is 0. The molecule has 0 amide bonds. The lowest BCUT2D eigenvalue weighted by Gasteiger charge is -2.20. The summed E-state index contributed by atoms with van der Waals surface area (Å²) in [5, 5.41) is 9.20. The number of rotatable bonds is 2. The maximum absolute atomic E-state index is 4.34. The van der Waals surface area contributed by atoms with Crippen LogP contribution in [0.25, 0.3) is 0 Å². The summed E-state index contributed by atoms with van der Waals surface area (Å²) in [7, 11) is 1.87. The minimum absolute atomic E-state index is 0.818. The Labute approximate surface area is 94.9 Å². The normalized spacial score (nSPS) is 15.7. The molecular formula is C11H15N5. The molecule has 0 saturated carbocycles. The Balaban J connectivity index is 1.99. The van der Waals surface area contributed by atoms with Gasteiger partial charge < -0.3 is 5.32 Å². The number of hydrogen-bond donors (Lipinski definition) is 1. The molecule has 0 aliphatic carbocycles. The molecule has 84 valence electrons. The Hall–Kier alpha value is -1.91. The molecule has 0 saturated heterocycles. The first-order valence-electron chi connectivity index (χ1n) is 5.33. The maximum Gasteiger partial charge on any atom is 0.214 e. The highest BCUT2D eigenvalue weighted by Crippen LogP contribution is 1.95. The van der Waals surface area contributed by atoms with Crippen LogP contribution >= 0.6 is 0 Å². The van der Waals surface area contributed by atoms with Crippen LogP contribution in [0.3, 0.4) is 0 Å². The summed E-state index contributed by atoms with van der Waals surface area (Å²) in [5.74, 6) is 0.818. The van der Waals surface area contributed by atoms with Gasteiger partial charge in [-0.25, -0.2) is 5.01 Å². The van der Waals surface area contributed by atoms with Crippen molar-refractivity contribution in [3.8, 4) is 0 Å². The molecule has 1 aromatic heterocycles. The second kappa shape index (κ2) is 5.25. The average Bonchev–Trinajstić information content (AvgIpc) is 2.38. The molecule has 1 aliphatic rings. The van der Waals surface area contributed by atoms with E-state index in [1.54, 1.807) is 17.4 Å². The van der Waals surface area contributed by atoms with Gasteiger partial charge in [-0.3, -0.25) is 9.98 Å². The second-order valence-corrected chi connectivity index (χ2v) is 3.51. The van der Waals surface area contributed by atoms with E-state index in [2.05, 4.69) is 20.4 Å². The first kappa shape index (κ1) is 10.6. The predicted octanol–water partition coefficient (Wildman–Crippen LogP) is 0.697. The number of nitrogens with zero attached hydrogens (tertiary/aromatic N) is 4. The van der Waals surface area contributed by atoms with Crippen LogP contribution in [0.2, 0.25) is 0 Å². The predicted molar refractivity (Wildman–Crippen MR) is 64.5 cm³/mol. The van der Waals surface area contributed by atoms with E-state index in [1.807, 2.05) is 25.2 Å². The Morgan fingerprint density at radius 2 is 2.44 bits per heavy atom. The summed E-state index contributed by atoms with van der Waals surface area (Å²) < 4.78 is 0. The van der Waals surface area contributed by atoms with E-state index in [0.29, 0.717) is 0 Å². The summed E-state index contributed by atoms with van der Waals surface area (Å²) in [6, 6.07) is 5.73. The Morgan fingerprint density at radius 3 is 3.12 bits per heavy atom. The molecule has 0 spiro atoms. The van der Waals surface area contributed by atoms with Crippen molar-refractivity contribution < 1.29 is 0 Å². The third-order valence-electron chi connectivity index (χ3n) is 2.24. The van der Waals surface area contributed by atoms with E-state index >= 15 is 0 Å². The van der Waals surface area contributed by atoms with Gasteiger partial charge in [0.05, 0.1) is 11.9 Å². The first-order chi connectivity index (χ1) is 7.86. The van der Waals surface area contributed by atoms with Crippen LogP contribution in [-0.2, 0) is 0 Å². The number of aliphatic imine (C=N–C) groups is 1. The van der Waals surface area contributed by atoms with Gasteiger partial charge in [-0.1, -0.05) is 6.07 Å². The van der Waals surface area contributed by atoms with Crippen LogP contribution in [0.5, 0.6) is 0 Å². The molecule has 0 aromatic carbocycles. The molecule has 2 heterocycles. The van der Waals surface area contributed by atoms with Crippen LogP contribution in [-0.4, -0.2) is 42.3 Å². The summed E-state index contributed by atoms with van der Waals surface area (Å²) in [5.41, 5.74) is 0.839. The molecule has 0 atom stereocenters. The largest absolute Gasteiger partial charge is 0.355 e. The highest BCUT2D eigenvalue weighted by molar-refractivity contribution is 5.83. The van der Waals surface area contributed by atoms with Gasteiger partial charge in [0.15, 0.2) is 0 Å². The van der Waals surface area contributed by atoms with Crippen molar-refractivity contribution in [1.82, 2.24) is 15.3 Å². The molecule has 5 heteroatoms. The highest BCUT2D eigenvalue weighted by Gasteiger charge is 2.07. The molecule has 1 N–H and O–H groups in total. The third kappa shape index (κ3) is 2.79. The lowest BCUT2D eigenvalue weighted by Crippen LogP contribution is -2.39. The van der Waals surface area contributed by atoms with Gasteiger partial charge in [-0.15, -0.1) is 0 Å². The van der Waals surface area contributed by atoms with Gasteiger partial charge in [-0.2, -0.15) is 5.10 Å². The number of guanidine groups is 1. The SMILES string of the molecule is CN(/N=C/c1ccccn1)C1=NCCCN1. The molecule has 0 bridgehead atoms. The third-order valence-corrected chi connectivity index (χ3v) is 2.24. The van der Waals surface area contributed by atoms with E-state index < -0.39 is 0 Å². The van der Waals surface area contributed by atoms with Crippen molar-refractivity contribution in [3.05, 3.63) is 30.1 Å². The quantitative estimate of drug-likeness (QED) is 0.586. The summed E-state index contributed by atoms with van der Waals surface area (Å²) in [6.07, 6.45) is 4.55. The number of hydrogen-bond acceptors (Lipinski definition) is 5.